The van der Waals surface area contributed by atoms with Crippen LogP contribution in [-0.4, -0.2) is 15.0 Å². The second kappa shape index (κ2) is 17.0. The Morgan fingerprint density at radius 3 is 1.43 bits per heavy atom. The Hall–Kier alpha value is -7.16. The molecule has 0 amide bonds. The van der Waals surface area contributed by atoms with E-state index >= 15 is 0 Å². The summed E-state index contributed by atoms with van der Waals surface area (Å²) in [5.41, 5.74) is 19.9. The van der Waals surface area contributed by atoms with Crippen LogP contribution in [0.2, 0.25) is 0 Å². The molecule has 0 bridgehead atoms. The Bertz CT molecular complexity index is 2920. The predicted molar refractivity (Wildman–Crippen MR) is 244 cm³/mol. The largest absolute Gasteiger partial charge is 0.455 e. The van der Waals surface area contributed by atoms with Gasteiger partial charge in [0.2, 0.25) is 0 Å². The van der Waals surface area contributed by atoms with Gasteiger partial charge in [0.1, 0.15) is 11.2 Å². The first-order valence-electron chi connectivity index (χ1n) is 20.8. The van der Waals surface area contributed by atoms with Gasteiger partial charge in [0, 0.05) is 46.1 Å². The van der Waals surface area contributed by atoms with Crippen LogP contribution in [0.15, 0.2) is 156 Å². The fourth-order valence-electron chi connectivity index (χ4n) is 8.40. The summed E-state index contributed by atoms with van der Waals surface area (Å²) in [6, 6.07) is 48.7. The van der Waals surface area contributed by atoms with E-state index in [1.165, 1.54) is 50.1 Å². The first-order valence-corrected chi connectivity index (χ1v) is 20.8. The van der Waals surface area contributed by atoms with Crippen molar-refractivity contribution in [2.45, 2.75) is 59.3 Å². The lowest BCUT2D eigenvalue weighted by molar-refractivity contribution is 0.669. The zero-order valence-corrected chi connectivity index (χ0v) is 34.4. The van der Waals surface area contributed by atoms with Crippen molar-refractivity contribution in [3.05, 3.63) is 208 Å². The van der Waals surface area contributed by atoms with Crippen molar-refractivity contribution >= 4 is 21.9 Å². The van der Waals surface area contributed by atoms with E-state index in [4.69, 9.17) is 19.4 Å². The van der Waals surface area contributed by atoms with E-state index in [1.54, 1.807) is 0 Å². The van der Waals surface area contributed by atoms with E-state index < -0.39 is 0 Å². The lowest BCUT2D eigenvalue weighted by atomic mass is 9.93. The highest BCUT2D eigenvalue weighted by atomic mass is 16.3. The van der Waals surface area contributed by atoms with Gasteiger partial charge in [0.15, 0.2) is 0 Å². The van der Waals surface area contributed by atoms with Gasteiger partial charge < -0.3 is 4.42 Å². The molecule has 9 rings (SSSR count). The molecule has 0 radical (unpaired) electrons. The molecule has 9 aromatic rings. The Labute approximate surface area is 352 Å². The van der Waals surface area contributed by atoms with Crippen LogP contribution < -0.4 is 0 Å². The van der Waals surface area contributed by atoms with Gasteiger partial charge in [-0.25, -0.2) is 0 Å². The van der Waals surface area contributed by atoms with Crippen LogP contribution in [0.5, 0.6) is 0 Å². The lowest BCUT2D eigenvalue weighted by Crippen LogP contribution is -2.02. The number of furan rings is 1. The molecule has 4 aromatic heterocycles. The molecule has 292 valence electrons. The van der Waals surface area contributed by atoms with Gasteiger partial charge in [-0.3, -0.25) is 15.0 Å². The molecule has 0 fully saturated rings. The maximum Gasteiger partial charge on any atom is 0.144 e. The Morgan fingerprint density at radius 2 is 0.950 bits per heavy atom. The average molecular weight is 779 g/mol. The van der Waals surface area contributed by atoms with Gasteiger partial charge in [-0.05, 0) is 152 Å². The van der Waals surface area contributed by atoms with Crippen molar-refractivity contribution in [3.8, 4) is 39.8 Å². The van der Waals surface area contributed by atoms with Crippen molar-refractivity contribution < 1.29 is 4.42 Å². The minimum atomic E-state index is 0.585. The van der Waals surface area contributed by atoms with Crippen molar-refractivity contribution in [1.29, 1.82) is 5.26 Å². The third kappa shape index (κ3) is 8.23. The van der Waals surface area contributed by atoms with Crippen LogP contribution >= 0.6 is 0 Å². The molecule has 0 unspecified atom stereocenters. The lowest BCUT2D eigenvalue weighted by Gasteiger charge is -2.14. The molecule has 0 aliphatic heterocycles. The number of pyridine rings is 3. The smallest absolute Gasteiger partial charge is 0.144 e. The zero-order chi connectivity index (χ0) is 41.0. The van der Waals surface area contributed by atoms with Crippen molar-refractivity contribution in [2.75, 3.05) is 0 Å². The van der Waals surface area contributed by atoms with Gasteiger partial charge >= 0.3 is 0 Å². The number of nitriles is 1. The van der Waals surface area contributed by atoms with Crippen molar-refractivity contribution in [2.24, 2.45) is 0 Å². The molecular formula is C55H46N4O. The van der Waals surface area contributed by atoms with E-state index in [0.29, 0.717) is 11.1 Å². The van der Waals surface area contributed by atoms with Gasteiger partial charge in [-0.15, -0.1) is 0 Å². The van der Waals surface area contributed by atoms with Crippen LogP contribution in [0, 0.1) is 32.1 Å². The summed E-state index contributed by atoms with van der Waals surface area (Å²) in [6.07, 6.45) is 11.7. The SMILES string of the molecule is Cc1cc(-c2ccccc2)ncc1CCc1cc(CCc2cnc(-c3ccccc3)cc2C)cc(CCc2cnc(-c3cccc4c3oc3cc(C#N)ccc34)cc2C)c1. The number of hydrogen-bond donors (Lipinski definition) is 0. The van der Waals surface area contributed by atoms with Crippen LogP contribution in [0.3, 0.4) is 0 Å². The number of para-hydroxylation sites is 1. The minimum absolute atomic E-state index is 0.585. The number of aromatic nitrogens is 3. The third-order valence-electron chi connectivity index (χ3n) is 11.9. The number of rotatable bonds is 12. The summed E-state index contributed by atoms with van der Waals surface area (Å²) in [7, 11) is 0. The quantitative estimate of drug-likeness (QED) is 0.123. The Morgan fingerprint density at radius 1 is 0.467 bits per heavy atom. The van der Waals surface area contributed by atoms with Crippen molar-refractivity contribution in [1.82, 2.24) is 15.0 Å². The molecule has 0 saturated carbocycles. The summed E-state index contributed by atoms with van der Waals surface area (Å²) in [5.74, 6) is 0. The molecule has 60 heavy (non-hydrogen) atoms. The summed E-state index contributed by atoms with van der Waals surface area (Å²) in [6.45, 7) is 6.59. The van der Waals surface area contributed by atoms with Crippen molar-refractivity contribution in [3.63, 3.8) is 0 Å². The monoisotopic (exact) mass is 778 g/mol. The highest BCUT2D eigenvalue weighted by molar-refractivity contribution is 6.09. The van der Waals surface area contributed by atoms with E-state index in [0.717, 1.165) is 88.7 Å². The number of aryl methyl sites for hydroxylation is 9. The maximum absolute atomic E-state index is 9.43. The third-order valence-corrected chi connectivity index (χ3v) is 11.9. The molecule has 5 heteroatoms. The van der Waals surface area contributed by atoms with E-state index in [2.05, 4.69) is 142 Å². The summed E-state index contributed by atoms with van der Waals surface area (Å²) in [5, 5.41) is 11.5. The first kappa shape index (κ1) is 38.4. The van der Waals surface area contributed by atoms with Crippen LogP contribution in [0.4, 0.5) is 0 Å². The average Bonchev–Trinajstić information content (AvgIpc) is 3.66. The second-order valence-corrected chi connectivity index (χ2v) is 16.0. The molecule has 0 aliphatic carbocycles. The number of nitrogens with zero attached hydrogens (tertiary/aromatic N) is 4. The van der Waals surface area contributed by atoms with Gasteiger partial charge in [-0.1, -0.05) is 91.0 Å². The normalized spacial score (nSPS) is 11.3. The van der Waals surface area contributed by atoms with E-state index in [-0.39, 0.29) is 0 Å². The minimum Gasteiger partial charge on any atom is -0.455 e. The Balaban J connectivity index is 0.953. The first-order chi connectivity index (χ1) is 29.4. The predicted octanol–water partition coefficient (Wildman–Crippen LogP) is 12.9. The summed E-state index contributed by atoms with van der Waals surface area (Å²) >= 11 is 0. The molecule has 0 aliphatic rings. The molecule has 5 nitrogen and oxygen atoms in total. The van der Waals surface area contributed by atoms with Gasteiger partial charge in [0.05, 0.1) is 28.7 Å². The van der Waals surface area contributed by atoms with Crippen LogP contribution in [-0.2, 0) is 38.5 Å². The molecular weight excluding hydrogens is 733 g/mol. The molecule has 0 saturated heterocycles. The van der Waals surface area contributed by atoms with Gasteiger partial charge in [0.25, 0.3) is 0 Å². The van der Waals surface area contributed by atoms with E-state index in [1.807, 2.05) is 36.5 Å². The molecule has 0 spiro atoms. The molecule has 5 aromatic carbocycles. The fraction of sp³-hybridized carbons (Fsp3) is 0.164. The summed E-state index contributed by atoms with van der Waals surface area (Å²) < 4.78 is 6.34. The number of fused-ring (bicyclic) bond motifs is 3. The number of hydrogen-bond acceptors (Lipinski definition) is 5. The fourth-order valence-corrected chi connectivity index (χ4v) is 8.40. The van der Waals surface area contributed by atoms with Gasteiger partial charge in [-0.2, -0.15) is 5.26 Å². The van der Waals surface area contributed by atoms with E-state index in [9.17, 15) is 5.26 Å². The van der Waals surface area contributed by atoms with Crippen LogP contribution in [0.1, 0.15) is 55.6 Å². The molecule has 0 atom stereocenters. The molecule has 4 heterocycles. The van der Waals surface area contributed by atoms with Crippen LogP contribution in [0.25, 0.3) is 55.7 Å². The highest BCUT2D eigenvalue weighted by Gasteiger charge is 2.15. The second-order valence-electron chi connectivity index (χ2n) is 16.0. The standard InChI is InChI=1S/C55H46N4O/c1-36-25-51(43-11-6-4-7-12-43)57-33-45(36)21-17-39-28-40(18-22-46-34-58-52(26-37(46)2)44-13-8-5-9-14-44)30-41(29-39)19-23-47-35-59-53(27-38(47)3)50-16-10-15-49-48-24-20-42(32-56)31-54(48)60-55(49)50/h4-16,20,24-31,33-35H,17-19,21-23H2,1-3H3. The summed E-state index contributed by atoms with van der Waals surface area (Å²) in [4.78, 5) is 14.7. The zero-order valence-electron chi connectivity index (χ0n) is 34.4. The number of benzene rings is 5. The molecule has 0 N–H and O–H groups in total. The Kier molecular flexibility index (Phi) is 10.9. The topological polar surface area (TPSA) is 75.6 Å². The maximum atomic E-state index is 9.43. The highest BCUT2D eigenvalue weighted by Crippen LogP contribution is 2.36.